The minimum Gasteiger partial charge on any atom is -0.451 e. The highest BCUT2D eigenvalue weighted by Gasteiger charge is 2.32. The highest BCUT2D eigenvalue weighted by atomic mass is 19.1. The number of carbonyl (C=O) groups excluding carboxylic acids is 1. The third-order valence-electron chi connectivity index (χ3n) is 10.8. The zero-order valence-corrected chi connectivity index (χ0v) is 27.8. The van der Waals surface area contributed by atoms with Crippen LogP contribution in [0.2, 0.25) is 0 Å². The van der Waals surface area contributed by atoms with Crippen molar-refractivity contribution < 1.29 is 13.6 Å². The van der Waals surface area contributed by atoms with E-state index in [9.17, 15) is 19.2 Å². The van der Waals surface area contributed by atoms with Crippen molar-refractivity contribution in [2.24, 2.45) is 0 Å². The van der Waals surface area contributed by atoms with Gasteiger partial charge in [-0.15, -0.1) is 0 Å². The van der Waals surface area contributed by atoms with Gasteiger partial charge in [0.2, 0.25) is 5.43 Å². The number of aromatic nitrogens is 3. The molecule has 5 heterocycles. The van der Waals surface area contributed by atoms with Gasteiger partial charge in [-0.2, -0.15) is 0 Å². The second kappa shape index (κ2) is 11.9. The van der Waals surface area contributed by atoms with E-state index in [1.54, 1.807) is 53.3 Å². The highest BCUT2D eigenvalue weighted by molar-refractivity contribution is 6.08. The van der Waals surface area contributed by atoms with Gasteiger partial charge in [0.25, 0.3) is 5.91 Å². The first-order valence-electron chi connectivity index (χ1n) is 17.2. The number of carbonyl (C=O) groups is 1. The van der Waals surface area contributed by atoms with Gasteiger partial charge in [-0.05, 0) is 57.5 Å². The number of hydrogen-bond acceptors (Lipinski definition) is 9. The number of fused-ring (bicyclic) bond motifs is 4. The summed E-state index contributed by atoms with van der Waals surface area (Å²) in [5.74, 6) is -1.26. The van der Waals surface area contributed by atoms with Crippen LogP contribution in [0.1, 0.15) is 47.7 Å². The summed E-state index contributed by atoms with van der Waals surface area (Å²) < 4.78 is 24.6. The van der Waals surface area contributed by atoms with Crippen molar-refractivity contribution in [1.29, 1.82) is 0 Å². The first kappa shape index (κ1) is 31.2. The van der Waals surface area contributed by atoms with Crippen molar-refractivity contribution in [3.63, 3.8) is 0 Å². The van der Waals surface area contributed by atoms with Gasteiger partial charge in [-0.25, -0.2) is 4.39 Å². The fourth-order valence-corrected chi connectivity index (χ4v) is 8.17. The lowest BCUT2D eigenvalue weighted by Gasteiger charge is -2.23. The van der Waals surface area contributed by atoms with E-state index in [1.165, 1.54) is 18.3 Å². The number of pyridine rings is 1. The van der Waals surface area contributed by atoms with Crippen LogP contribution in [0.15, 0.2) is 86.1 Å². The lowest BCUT2D eigenvalue weighted by Crippen LogP contribution is -2.34. The number of halogens is 1. The van der Waals surface area contributed by atoms with Crippen molar-refractivity contribution in [1.82, 2.24) is 24.6 Å². The lowest BCUT2D eigenvalue weighted by molar-refractivity contribution is 0.0949. The summed E-state index contributed by atoms with van der Waals surface area (Å²) in [5, 5.41) is 3.79. The topological polar surface area (TPSA) is 130 Å². The van der Waals surface area contributed by atoms with Crippen LogP contribution in [0.25, 0.3) is 49.1 Å². The van der Waals surface area contributed by atoms with E-state index in [4.69, 9.17) is 4.42 Å². The van der Waals surface area contributed by atoms with Crippen molar-refractivity contribution >= 4 is 60.7 Å². The molecule has 0 aliphatic carbocycles. The Labute approximate surface area is 289 Å². The van der Waals surface area contributed by atoms with Crippen LogP contribution in [-0.4, -0.2) is 64.4 Å². The molecule has 2 aliphatic heterocycles. The number of nitrogens with one attached hydrogen (secondary N) is 1. The van der Waals surface area contributed by atoms with Gasteiger partial charge < -0.3 is 23.9 Å². The fraction of sp³-hybridized carbons (Fsp3) is 0.282. The molecule has 2 aliphatic rings. The molecule has 3 aromatic heterocycles. The van der Waals surface area contributed by atoms with E-state index in [1.807, 2.05) is 4.90 Å². The van der Waals surface area contributed by atoms with Gasteiger partial charge in [-0.1, -0.05) is 24.3 Å². The third-order valence-corrected chi connectivity index (χ3v) is 10.8. The molecule has 1 unspecified atom stereocenters. The molecular weight excluding hydrogens is 651 g/mol. The number of nitrogens with zero attached hydrogens (tertiary/aromatic N) is 5. The van der Waals surface area contributed by atoms with Crippen LogP contribution in [0.5, 0.6) is 0 Å². The minimum atomic E-state index is -0.677. The standard InChI is InChI=1S/C39H33FN6O5/c1-44-13-4-5-22(44)8-10-43-39(50)28-20-46-31-16-25-26(36(48)24-7-3-2-6-23(24)35(25)47)17-32(31)51-38-33(46)27(37(28)49)15-29(40)34(38)45-14-9-21(19-45)30-18-41-11-12-42-30/h2-3,6-7,11-12,15-18,20-22H,4-5,8-10,13-14,19H2,1H3,(H,43,50)/t21?,22-/m0/s1. The number of benzene rings is 4. The zero-order chi connectivity index (χ0) is 35.0. The van der Waals surface area contributed by atoms with E-state index in [2.05, 4.69) is 27.2 Å². The molecule has 2 atom stereocenters. The van der Waals surface area contributed by atoms with Gasteiger partial charge in [0.1, 0.15) is 16.8 Å². The van der Waals surface area contributed by atoms with Crippen LogP contribution in [0, 0.1) is 5.82 Å². The van der Waals surface area contributed by atoms with Crippen LogP contribution in [0.3, 0.4) is 0 Å². The van der Waals surface area contributed by atoms with Crippen LogP contribution >= 0.6 is 0 Å². The average molecular weight is 685 g/mol. The van der Waals surface area contributed by atoms with Gasteiger partial charge >= 0.3 is 0 Å². The Morgan fingerprint density at radius 1 is 0.961 bits per heavy atom. The maximum atomic E-state index is 16.5. The molecule has 256 valence electrons. The fourth-order valence-electron chi connectivity index (χ4n) is 8.17. The molecule has 11 nitrogen and oxygen atoms in total. The van der Waals surface area contributed by atoms with E-state index in [0.29, 0.717) is 48.4 Å². The first-order valence-corrected chi connectivity index (χ1v) is 17.2. The molecule has 7 aromatic rings. The Morgan fingerprint density at radius 2 is 1.75 bits per heavy atom. The second-order valence-corrected chi connectivity index (χ2v) is 13.7. The van der Waals surface area contributed by atoms with Gasteiger partial charge in [0.15, 0.2) is 27.8 Å². The molecule has 2 saturated heterocycles. The molecule has 0 radical (unpaired) electrons. The quantitative estimate of drug-likeness (QED) is 0.194. The third kappa shape index (κ3) is 4.96. The number of rotatable bonds is 6. The van der Waals surface area contributed by atoms with Gasteiger partial charge in [0, 0.05) is 77.9 Å². The van der Waals surface area contributed by atoms with Gasteiger partial charge in [-0.3, -0.25) is 29.1 Å². The van der Waals surface area contributed by atoms with Crippen molar-refractivity contribution in [2.45, 2.75) is 37.6 Å². The maximum Gasteiger partial charge on any atom is 0.256 e. The Bertz CT molecular complexity index is 2730. The van der Waals surface area contributed by atoms with Gasteiger partial charge in [0.05, 0.1) is 16.6 Å². The molecule has 1 N–H and O–H groups in total. The molecule has 0 bridgehead atoms. The van der Waals surface area contributed by atoms with Crippen LogP contribution in [0.4, 0.5) is 10.1 Å². The Morgan fingerprint density at radius 3 is 2.47 bits per heavy atom. The normalized spacial score (nSPS) is 18.3. The van der Waals surface area contributed by atoms with Crippen molar-refractivity contribution in [2.75, 3.05) is 38.1 Å². The Hall–Kier alpha value is -5.75. The first-order chi connectivity index (χ1) is 24.8. The predicted molar refractivity (Wildman–Crippen MR) is 194 cm³/mol. The Kier molecular flexibility index (Phi) is 7.32. The monoisotopic (exact) mass is 684 g/mol. The average Bonchev–Trinajstić information content (AvgIpc) is 3.80. The predicted octanol–water partition coefficient (Wildman–Crippen LogP) is 4.80. The van der Waals surface area contributed by atoms with Crippen molar-refractivity contribution in [3.05, 3.63) is 115 Å². The highest BCUT2D eigenvalue weighted by Crippen LogP contribution is 2.39. The number of anilines is 1. The molecular formula is C39H33FN6O5. The maximum absolute atomic E-state index is 16.5. The summed E-state index contributed by atoms with van der Waals surface area (Å²) in [6.45, 7) is 2.29. The second-order valence-electron chi connectivity index (χ2n) is 13.7. The summed E-state index contributed by atoms with van der Waals surface area (Å²) >= 11 is 0. The summed E-state index contributed by atoms with van der Waals surface area (Å²) in [6.07, 6.45) is 9.95. The molecule has 0 saturated carbocycles. The summed E-state index contributed by atoms with van der Waals surface area (Å²) in [7, 11) is 2.06. The molecule has 9 rings (SSSR count). The molecule has 51 heavy (non-hydrogen) atoms. The number of amides is 1. The molecule has 2 fully saturated rings. The molecule has 0 spiro atoms. The van der Waals surface area contributed by atoms with E-state index >= 15 is 4.39 Å². The van der Waals surface area contributed by atoms with Crippen molar-refractivity contribution in [3.8, 4) is 0 Å². The molecule has 12 heteroatoms. The van der Waals surface area contributed by atoms with E-state index < -0.39 is 17.2 Å². The number of likely N-dealkylation sites (tertiary alicyclic amines) is 1. The number of hydrogen-bond donors (Lipinski definition) is 1. The smallest absolute Gasteiger partial charge is 0.256 e. The Balaban J connectivity index is 1.27. The van der Waals surface area contributed by atoms with E-state index in [0.717, 1.165) is 31.5 Å². The van der Waals surface area contributed by atoms with Crippen LogP contribution in [-0.2, 0) is 0 Å². The largest absolute Gasteiger partial charge is 0.451 e. The summed E-state index contributed by atoms with van der Waals surface area (Å²) in [4.78, 5) is 67.9. The summed E-state index contributed by atoms with van der Waals surface area (Å²) in [6, 6.07) is 11.2. The molecule has 1 amide bonds. The summed E-state index contributed by atoms with van der Waals surface area (Å²) in [5.41, 5.74) is 0.415. The van der Waals surface area contributed by atoms with Crippen LogP contribution < -0.4 is 26.5 Å². The zero-order valence-electron chi connectivity index (χ0n) is 27.8. The minimum absolute atomic E-state index is 0.00937. The lowest BCUT2D eigenvalue weighted by atomic mass is 10.0. The molecule has 4 aromatic carbocycles. The van der Waals surface area contributed by atoms with E-state index in [-0.39, 0.29) is 60.9 Å². The SMILES string of the molecule is CN1CCC[C@H]1CCNC(=O)c1cn2c3cc4c(=O)c5ccccc5c(=O)c4cc3oc3c(N4CCC(c5cnccn5)C4)c(F)cc(c1=O)c32.